The number of aliphatic hydroxyl groups excluding tert-OH is 1. The molecule has 7 heteroatoms. The zero-order valence-corrected chi connectivity index (χ0v) is 11.2. The number of benzene rings is 1. The van der Waals surface area contributed by atoms with Gasteiger partial charge in [0.1, 0.15) is 10.7 Å². The van der Waals surface area contributed by atoms with Crippen molar-refractivity contribution in [3.63, 3.8) is 0 Å². The van der Waals surface area contributed by atoms with Crippen LogP contribution in [0.3, 0.4) is 0 Å². The quantitative estimate of drug-likeness (QED) is 0.870. The summed E-state index contributed by atoms with van der Waals surface area (Å²) in [5.74, 6) is -0.583. The first-order chi connectivity index (χ1) is 9.50. The predicted molar refractivity (Wildman–Crippen MR) is 70.8 cm³/mol. The molecule has 2 N–H and O–H groups in total. The fraction of sp³-hybridized carbons (Fsp3) is 0.154. The van der Waals surface area contributed by atoms with Crippen molar-refractivity contribution < 1.29 is 17.9 Å². The van der Waals surface area contributed by atoms with E-state index in [1.54, 1.807) is 6.07 Å². The van der Waals surface area contributed by atoms with E-state index in [0.717, 1.165) is 0 Å². The summed E-state index contributed by atoms with van der Waals surface area (Å²) >= 11 is 0. The highest BCUT2D eigenvalue weighted by atomic mass is 32.2. The second kappa shape index (κ2) is 6.08. The van der Waals surface area contributed by atoms with E-state index in [9.17, 15) is 17.9 Å². The van der Waals surface area contributed by atoms with Crippen LogP contribution in [-0.2, 0) is 10.0 Å². The zero-order valence-electron chi connectivity index (χ0n) is 10.4. The summed E-state index contributed by atoms with van der Waals surface area (Å²) in [7, 11) is -3.77. The molecule has 2 aromatic rings. The molecule has 0 radical (unpaired) electrons. The van der Waals surface area contributed by atoms with Gasteiger partial charge in [-0.2, -0.15) is 0 Å². The minimum atomic E-state index is -3.77. The lowest BCUT2D eigenvalue weighted by Crippen LogP contribution is -2.28. The molecular formula is C13H13FN2O3S. The van der Waals surface area contributed by atoms with E-state index in [1.165, 1.54) is 42.7 Å². The summed E-state index contributed by atoms with van der Waals surface area (Å²) in [6.45, 7) is -0.321. The molecule has 0 aliphatic heterocycles. The van der Waals surface area contributed by atoms with Crippen LogP contribution in [0.2, 0.25) is 0 Å². The lowest BCUT2D eigenvalue weighted by molar-refractivity contribution is 0.177. The monoisotopic (exact) mass is 296 g/mol. The molecule has 20 heavy (non-hydrogen) atoms. The van der Waals surface area contributed by atoms with Gasteiger partial charge in [-0.05, 0) is 18.2 Å². The van der Waals surface area contributed by atoms with Gasteiger partial charge in [-0.15, -0.1) is 0 Å². The average molecular weight is 296 g/mol. The van der Waals surface area contributed by atoms with Crippen molar-refractivity contribution in [1.82, 2.24) is 9.71 Å². The van der Waals surface area contributed by atoms with Crippen molar-refractivity contribution in [2.24, 2.45) is 0 Å². The van der Waals surface area contributed by atoms with Crippen molar-refractivity contribution >= 4 is 10.0 Å². The smallest absolute Gasteiger partial charge is 0.242 e. The van der Waals surface area contributed by atoms with E-state index in [-0.39, 0.29) is 17.0 Å². The van der Waals surface area contributed by atoms with Crippen LogP contribution in [0.5, 0.6) is 0 Å². The fourth-order valence-corrected chi connectivity index (χ4v) is 2.63. The third kappa shape index (κ3) is 3.38. The number of hydrogen-bond donors (Lipinski definition) is 2. The number of hydrogen-bond acceptors (Lipinski definition) is 4. The molecule has 1 heterocycles. The first-order valence-electron chi connectivity index (χ1n) is 5.83. The Morgan fingerprint density at radius 1 is 1.25 bits per heavy atom. The molecule has 1 atom stereocenters. The van der Waals surface area contributed by atoms with Gasteiger partial charge in [0.15, 0.2) is 0 Å². The molecular weight excluding hydrogens is 283 g/mol. The molecule has 1 aromatic heterocycles. The third-order valence-corrected chi connectivity index (χ3v) is 4.08. The van der Waals surface area contributed by atoms with Crippen LogP contribution >= 0.6 is 0 Å². The van der Waals surface area contributed by atoms with Crippen LogP contribution in [-0.4, -0.2) is 25.1 Å². The Labute approximate surface area is 116 Å². The SMILES string of the molecule is O=S(=O)(NCC(O)c1ccccc1F)c1cccnc1. The molecule has 5 nitrogen and oxygen atoms in total. The Morgan fingerprint density at radius 2 is 2.00 bits per heavy atom. The topological polar surface area (TPSA) is 79.3 Å². The van der Waals surface area contributed by atoms with Gasteiger partial charge in [0.25, 0.3) is 0 Å². The van der Waals surface area contributed by atoms with Crippen LogP contribution in [0.25, 0.3) is 0 Å². The summed E-state index contributed by atoms with van der Waals surface area (Å²) in [5, 5.41) is 9.83. The van der Waals surface area contributed by atoms with Gasteiger partial charge in [0.2, 0.25) is 10.0 Å². The van der Waals surface area contributed by atoms with Crippen molar-refractivity contribution in [2.45, 2.75) is 11.0 Å². The minimum absolute atomic E-state index is 0.0132. The number of aliphatic hydroxyl groups is 1. The average Bonchev–Trinajstić information content (AvgIpc) is 2.46. The first-order valence-corrected chi connectivity index (χ1v) is 7.31. The molecule has 0 bridgehead atoms. The molecule has 0 amide bonds. The van der Waals surface area contributed by atoms with Gasteiger partial charge in [-0.1, -0.05) is 18.2 Å². The molecule has 0 saturated heterocycles. The third-order valence-electron chi connectivity index (χ3n) is 2.68. The van der Waals surface area contributed by atoms with E-state index >= 15 is 0 Å². The lowest BCUT2D eigenvalue weighted by atomic mass is 10.1. The van der Waals surface area contributed by atoms with Gasteiger partial charge in [0, 0.05) is 24.5 Å². The van der Waals surface area contributed by atoms with Crippen molar-refractivity contribution in [1.29, 1.82) is 0 Å². The Hall–Kier alpha value is -1.83. The second-order valence-corrected chi connectivity index (χ2v) is 5.84. The highest BCUT2D eigenvalue weighted by molar-refractivity contribution is 7.89. The summed E-state index contributed by atoms with van der Waals surface area (Å²) in [6.07, 6.45) is 1.38. The first kappa shape index (κ1) is 14.6. The molecule has 0 spiro atoms. The van der Waals surface area contributed by atoms with Crippen LogP contribution in [0.4, 0.5) is 4.39 Å². The maximum atomic E-state index is 13.4. The number of nitrogens with one attached hydrogen (secondary N) is 1. The second-order valence-electron chi connectivity index (χ2n) is 4.08. The molecule has 1 aromatic carbocycles. The van der Waals surface area contributed by atoms with E-state index in [4.69, 9.17) is 0 Å². The summed E-state index contributed by atoms with van der Waals surface area (Å²) in [5.41, 5.74) is 0.0430. The van der Waals surface area contributed by atoms with E-state index in [0.29, 0.717) is 0 Å². The van der Waals surface area contributed by atoms with Gasteiger partial charge in [-0.3, -0.25) is 4.98 Å². The van der Waals surface area contributed by atoms with Crippen molar-refractivity contribution in [2.75, 3.05) is 6.54 Å². The number of aromatic nitrogens is 1. The molecule has 0 saturated carbocycles. The fourth-order valence-electron chi connectivity index (χ4n) is 1.63. The summed E-state index contributed by atoms with van der Waals surface area (Å²) < 4.78 is 39.4. The van der Waals surface area contributed by atoms with Crippen molar-refractivity contribution in [3.05, 3.63) is 60.2 Å². The molecule has 0 aliphatic carbocycles. The maximum absolute atomic E-state index is 13.4. The Morgan fingerprint density at radius 3 is 2.65 bits per heavy atom. The predicted octanol–water partition coefficient (Wildman–Crippen LogP) is 1.23. The van der Waals surface area contributed by atoms with Crippen LogP contribution in [0, 0.1) is 5.82 Å². The Kier molecular flexibility index (Phi) is 4.43. The minimum Gasteiger partial charge on any atom is -0.387 e. The van der Waals surface area contributed by atoms with Crippen LogP contribution in [0.15, 0.2) is 53.7 Å². The molecule has 0 fully saturated rings. The number of pyridine rings is 1. The number of rotatable bonds is 5. The Balaban J connectivity index is 2.08. The largest absolute Gasteiger partial charge is 0.387 e. The zero-order chi connectivity index (χ0) is 14.6. The number of halogens is 1. The van der Waals surface area contributed by atoms with E-state index < -0.39 is 21.9 Å². The van der Waals surface area contributed by atoms with Gasteiger partial charge in [0.05, 0.1) is 6.10 Å². The summed E-state index contributed by atoms with van der Waals surface area (Å²) in [4.78, 5) is 3.70. The molecule has 106 valence electrons. The van der Waals surface area contributed by atoms with Gasteiger partial charge >= 0.3 is 0 Å². The molecule has 1 unspecified atom stereocenters. The van der Waals surface area contributed by atoms with E-state index in [1.807, 2.05) is 0 Å². The Bertz CT molecular complexity index is 677. The molecule has 2 rings (SSSR count). The van der Waals surface area contributed by atoms with Crippen LogP contribution < -0.4 is 4.72 Å². The maximum Gasteiger partial charge on any atom is 0.242 e. The van der Waals surface area contributed by atoms with Crippen molar-refractivity contribution in [3.8, 4) is 0 Å². The van der Waals surface area contributed by atoms with Gasteiger partial charge in [-0.25, -0.2) is 17.5 Å². The standard InChI is InChI=1S/C13H13FN2O3S/c14-12-6-2-1-5-11(12)13(17)9-16-20(18,19)10-4-3-7-15-8-10/h1-8,13,16-17H,9H2. The summed E-state index contributed by atoms with van der Waals surface area (Å²) in [6, 6.07) is 8.53. The van der Waals surface area contributed by atoms with Crippen LogP contribution in [0.1, 0.15) is 11.7 Å². The van der Waals surface area contributed by atoms with E-state index in [2.05, 4.69) is 9.71 Å². The number of nitrogens with zero attached hydrogens (tertiary/aromatic N) is 1. The normalized spacial score (nSPS) is 13.1. The highest BCUT2D eigenvalue weighted by Gasteiger charge is 2.18. The lowest BCUT2D eigenvalue weighted by Gasteiger charge is -2.13. The number of sulfonamides is 1. The molecule has 0 aliphatic rings. The van der Waals surface area contributed by atoms with Gasteiger partial charge < -0.3 is 5.11 Å². The highest BCUT2D eigenvalue weighted by Crippen LogP contribution is 2.16.